The van der Waals surface area contributed by atoms with Crippen LogP contribution in [0, 0.1) is 12.8 Å². The molecule has 7 nitrogen and oxygen atoms in total. The summed E-state index contributed by atoms with van der Waals surface area (Å²) < 4.78 is 10.1. The predicted octanol–water partition coefficient (Wildman–Crippen LogP) is 0.522. The summed E-state index contributed by atoms with van der Waals surface area (Å²) in [7, 11) is 0. The lowest BCUT2D eigenvalue weighted by Gasteiger charge is -2.27. The van der Waals surface area contributed by atoms with Crippen LogP contribution in [0.25, 0.3) is 0 Å². The molecule has 0 bridgehead atoms. The molecule has 2 atom stereocenters. The van der Waals surface area contributed by atoms with E-state index in [1.165, 1.54) is 0 Å². The van der Waals surface area contributed by atoms with Gasteiger partial charge in [-0.15, -0.1) is 0 Å². The van der Waals surface area contributed by atoms with E-state index in [4.69, 9.17) is 9.26 Å². The van der Waals surface area contributed by atoms with Crippen molar-refractivity contribution in [2.24, 2.45) is 5.92 Å². The van der Waals surface area contributed by atoms with Crippen molar-refractivity contribution in [3.8, 4) is 0 Å². The van der Waals surface area contributed by atoms with Gasteiger partial charge in [-0.3, -0.25) is 4.79 Å². The van der Waals surface area contributed by atoms with Gasteiger partial charge in [0.05, 0.1) is 18.7 Å². The number of nitrogens with zero attached hydrogens (tertiary/aromatic N) is 1. The minimum absolute atomic E-state index is 0.00863. The Balaban J connectivity index is 1.93. The molecule has 0 spiro atoms. The minimum Gasteiger partial charge on any atom is -0.480 e. The topological polar surface area (TPSA) is 102 Å². The van der Waals surface area contributed by atoms with Crippen molar-refractivity contribution in [3.05, 3.63) is 17.5 Å². The largest absolute Gasteiger partial charge is 0.480 e. The molecule has 2 N–H and O–H groups in total. The third-order valence-electron chi connectivity index (χ3n) is 3.27. The van der Waals surface area contributed by atoms with Crippen LogP contribution in [0.3, 0.4) is 0 Å². The summed E-state index contributed by atoms with van der Waals surface area (Å²) >= 11 is 0. The summed E-state index contributed by atoms with van der Waals surface area (Å²) in [6, 6.07) is 0.731. The predicted molar refractivity (Wildman–Crippen MR) is 68.1 cm³/mol. The van der Waals surface area contributed by atoms with Gasteiger partial charge in [0.15, 0.2) is 0 Å². The fourth-order valence-electron chi connectivity index (χ4n) is 2.30. The number of aryl methyl sites for hydroxylation is 1. The van der Waals surface area contributed by atoms with Crippen molar-refractivity contribution >= 4 is 11.9 Å². The highest BCUT2D eigenvalue weighted by Gasteiger charge is 2.31. The second-order valence-electron chi connectivity index (χ2n) is 4.97. The molecule has 2 heterocycles. The van der Waals surface area contributed by atoms with Gasteiger partial charge < -0.3 is 19.7 Å². The lowest BCUT2D eigenvalue weighted by atomic mass is 9.93. The normalized spacial score (nSPS) is 20.4. The average molecular weight is 282 g/mol. The van der Waals surface area contributed by atoms with Crippen molar-refractivity contribution < 1.29 is 24.0 Å². The molecule has 0 aromatic carbocycles. The zero-order valence-corrected chi connectivity index (χ0v) is 11.3. The van der Waals surface area contributed by atoms with E-state index in [1.807, 2.05) is 0 Å². The van der Waals surface area contributed by atoms with Crippen LogP contribution < -0.4 is 5.32 Å². The number of hydrogen-bond donors (Lipinski definition) is 2. The number of hydrogen-bond acceptors (Lipinski definition) is 5. The molecule has 1 aliphatic heterocycles. The second kappa shape index (κ2) is 6.51. The second-order valence-corrected chi connectivity index (χ2v) is 4.97. The van der Waals surface area contributed by atoms with Crippen molar-refractivity contribution in [2.45, 2.75) is 32.2 Å². The zero-order chi connectivity index (χ0) is 14.5. The highest BCUT2D eigenvalue weighted by Crippen LogP contribution is 2.18. The molecule has 2 rings (SSSR count). The first-order valence-electron chi connectivity index (χ1n) is 6.58. The van der Waals surface area contributed by atoms with E-state index in [1.54, 1.807) is 13.0 Å². The summed E-state index contributed by atoms with van der Waals surface area (Å²) in [5.74, 6) is -0.992. The van der Waals surface area contributed by atoms with E-state index in [2.05, 4.69) is 10.5 Å². The number of aromatic nitrogens is 1. The van der Waals surface area contributed by atoms with Gasteiger partial charge in [-0.2, -0.15) is 0 Å². The Hall–Kier alpha value is -1.89. The van der Waals surface area contributed by atoms with Gasteiger partial charge in [0.1, 0.15) is 11.8 Å². The first-order chi connectivity index (χ1) is 9.56. The van der Waals surface area contributed by atoms with Crippen LogP contribution >= 0.6 is 0 Å². The van der Waals surface area contributed by atoms with Gasteiger partial charge in [0, 0.05) is 18.6 Å². The van der Waals surface area contributed by atoms with Gasteiger partial charge >= 0.3 is 5.97 Å². The van der Waals surface area contributed by atoms with E-state index < -0.39 is 12.0 Å². The molecule has 1 aromatic heterocycles. The average Bonchev–Trinajstić information content (AvgIpc) is 2.82. The van der Waals surface area contributed by atoms with Crippen molar-refractivity contribution in [3.63, 3.8) is 0 Å². The molecule has 110 valence electrons. The third kappa shape index (κ3) is 3.80. The third-order valence-corrected chi connectivity index (χ3v) is 3.27. The first kappa shape index (κ1) is 14.5. The van der Waals surface area contributed by atoms with Gasteiger partial charge in [-0.1, -0.05) is 5.16 Å². The van der Waals surface area contributed by atoms with Crippen molar-refractivity contribution in [1.82, 2.24) is 10.5 Å². The smallest absolute Gasteiger partial charge is 0.326 e. The Labute approximate surface area is 116 Å². The molecule has 7 heteroatoms. The Morgan fingerprint density at radius 3 is 2.95 bits per heavy atom. The number of rotatable bonds is 5. The summed E-state index contributed by atoms with van der Waals surface area (Å²) in [5, 5.41) is 15.5. The molecule has 1 aromatic rings. The molecular weight excluding hydrogens is 264 g/mol. The number of ether oxygens (including phenoxy) is 1. The molecule has 1 fully saturated rings. The maximum Gasteiger partial charge on any atom is 0.326 e. The Morgan fingerprint density at radius 2 is 2.40 bits per heavy atom. The van der Waals surface area contributed by atoms with Crippen LogP contribution in [0.15, 0.2) is 10.6 Å². The lowest BCUT2D eigenvalue weighted by molar-refractivity contribution is -0.145. The fourth-order valence-corrected chi connectivity index (χ4v) is 2.30. The first-order valence-corrected chi connectivity index (χ1v) is 6.58. The monoisotopic (exact) mass is 282 g/mol. The van der Waals surface area contributed by atoms with E-state index in [0.717, 1.165) is 12.8 Å². The number of carboxylic acid groups (broad SMARTS) is 1. The van der Waals surface area contributed by atoms with Gasteiger partial charge in [0.2, 0.25) is 5.91 Å². The lowest BCUT2D eigenvalue weighted by Crippen LogP contribution is -2.48. The summed E-state index contributed by atoms with van der Waals surface area (Å²) in [4.78, 5) is 23.2. The van der Waals surface area contributed by atoms with Crippen LogP contribution in [-0.4, -0.2) is 41.4 Å². The van der Waals surface area contributed by atoms with Crippen molar-refractivity contribution in [1.29, 1.82) is 0 Å². The molecule has 1 aliphatic rings. The van der Waals surface area contributed by atoms with Crippen LogP contribution in [0.4, 0.5) is 0 Å². The maximum absolute atomic E-state index is 11.9. The van der Waals surface area contributed by atoms with Gasteiger partial charge in [-0.05, 0) is 19.8 Å². The number of nitrogens with one attached hydrogen (secondary N) is 1. The molecule has 1 saturated heterocycles. The maximum atomic E-state index is 11.9. The molecule has 0 saturated carbocycles. The zero-order valence-electron chi connectivity index (χ0n) is 11.3. The van der Waals surface area contributed by atoms with Crippen LogP contribution in [0.5, 0.6) is 0 Å². The van der Waals surface area contributed by atoms with Crippen molar-refractivity contribution in [2.75, 3.05) is 13.2 Å². The molecule has 1 amide bonds. The van der Waals surface area contributed by atoms with Crippen LogP contribution in [0.2, 0.25) is 0 Å². The van der Waals surface area contributed by atoms with E-state index in [9.17, 15) is 14.7 Å². The van der Waals surface area contributed by atoms with Gasteiger partial charge in [-0.25, -0.2) is 4.79 Å². The summed E-state index contributed by atoms with van der Waals surface area (Å²) in [5.41, 5.74) is 0.490. The van der Waals surface area contributed by atoms with E-state index >= 15 is 0 Å². The number of carbonyl (C=O) groups is 2. The molecule has 0 radical (unpaired) electrons. The molecular formula is C13H18N2O5. The highest BCUT2D eigenvalue weighted by molar-refractivity contribution is 5.84. The molecule has 2 unspecified atom stereocenters. The van der Waals surface area contributed by atoms with E-state index in [0.29, 0.717) is 24.7 Å². The number of carboxylic acids is 1. The summed E-state index contributed by atoms with van der Waals surface area (Å²) in [6.07, 6.45) is 1.56. The Kier molecular flexibility index (Phi) is 4.73. The van der Waals surface area contributed by atoms with Gasteiger partial charge in [0.25, 0.3) is 0 Å². The van der Waals surface area contributed by atoms with E-state index in [-0.39, 0.29) is 18.2 Å². The summed E-state index contributed by atoms with van der Waals surface area (Å²) in [6.45, 7) is 2.74. The quantitative estimate of drug-likeness (QED) is 0.816. The Bertz CT molecular complexity index is 479. The SMILES string of the molecule is Cc1cc(CC(=O)NC(C(=O)O)C2CCCOC2)no1. The fraction of sp³-hybridized carbons (Fsp3) is 0.615. The standard InChI is InChI=1S/C13H18N2O5/c1-8-5-10(15-20-8)6-11(16)14-12(13(17)18)9-3-2-4-19-7-9/h5,9,12H,2-4,6-7H2,1H3,(H,14,16)(H,17,18). The highest BCUT2D eigenvalue weighted by atomic mass is 16.5. The number of amides is 1. The van der Waals surface area contributed by atoms with Crippen LogP contribution in [-0.2, 0) is 20.7 Å². The number of carbonyl (C=O) groups excluding carboxylic acids is 1. The molecule has 20 heavy (non-hydrogen) atoms. The van der Waals surface area contributed by atoms with Crippen LogP contribution in [0.1, 0.15) is 24.3 Å². The number of aliphatic carboxylic acids is 1. The Morgan fingerprint density at radius 1 is 1.60 bits per heavy atom. The minimum atomic E-state index is -1.04. The molecule has 0 aliphatic carbocycles.